The number of benzene rings is 2. The van der Waals surface area contributed by atoms with E-state index in [0.29, 0.717) is 17.6 Å². The van der Waals surface area contributed by atoms with Crippen molar-refractivity contribution in [2.75, 3.05) is 13.7 Å². The predicted molar refractivity (Wildman–Crippen MR) is 119 cm³/mol. The molecule has 0 aromatic heterocycles. The maximum absolute atomic E-state index is 12.2. The van der Waals surface area contributed by atoms with Crippen LogP contribution in [0.15, 0.2) is 48.5 Å². The van der Waals surface area contributed by atoms with Gasteiger partial charge in [-0.05, 0) is 85.4 Å². The van der Waals surface area contributed by atoms with Gasteiger partial charge in [-0.15, -0.1) is 0 Å². The fourth-order valence-corrected chi connectivity index (χ4v) is 4.22. The Bertz CT molecular complexity index is 810. The zero-order chi connectivity index (χ0) is 22.1. The van der Waals surface area contributed by atoms with Crippen molar-refractivity contribution in [3.63, 3.8) is 0 Å². The van der Waals surface area contributed by atoms with Crippen LogP contribution in [0.3, 0.4) is 0 Å². The van der Waals surface area contributed by atoms with Gasteiger partial charge in [0.05, 0.1) is 20.1 Å². The van der Waals surface area contributed by atoms with E-state index in [-0.39, 0.29) is 18.2 Å². The van der Waals surface area contributed by atoms with Crippen LogP contribution in [0.5, 0.6) is 11.5 Å². The van der Waals surface area contributed by atoms with Crippen molar-refractivity contribution in [3.05, 3.63) is 59.9 Å². The Kier molecular flexibility index (Phi) is 8.74. The average Bonchev–Trinajstić information content (AvgIpc) is 3.63. The molecule has 2 aliphatic carbocycles. The zero-order valence-corrected chi connectivity index (χ0v) is 18.3. The predicted octanol–water partition coefficient (Wildman–Crippen LogP) is 6.45. The van der Waals surface area contributed by atoms with Crippen LogP contribution in [-0.4, -0.2) is 24.8 Å². The summed E-state index contributed by atoms with van der Waals surface area (Å²) in [5, 5.41) is 9.13. The van der Waals surface area contributed by atoms with Crippen LogP contribution in [0, 0.1) is 17.7 Å². The van der Waals surface area contributed by atoms with Gasteiger partial charge in [0.1, 0.15) is 17.3 Å². The van der Waals surface area contributed by atoms with Crippen molar-refractivity contribution < 1.29 is 23.8 Å². The molecule has 31 heavy (non-hydrogen) atoms. The van der Waals surface area contributed by atoms with Gasteiger partial charge in [0, 0.05) is 0 Å². The fraction of sp³-hybridized carbons (Fsp3) is 0.500. The number of carboxylic acid groups (broad SMARTS) is 1. The molecule has 4 nitrogen and oxygen atoms in total. The Morgan fingerprint density at radius 2 is 1.74 bits per heavy atom. The Morgan fingerprint density at radius 1 is 1.03 bits per heavy atom. The summed E-state index contributed by atoms with van der Waals surface area (Å²) in [6, 6.07) is 14.0. The molecular formula is C26H33FO4. The van der Waals surface area contributed by atoms with Gasteiger partial charge in [0.2, 0.25) is 0 Å². The molecule has 0 aliphatic heterocycles. The molecular weight excluding hydrogens is 395 g/mol. The standard InChI is InChI=1S/C19H26O3.C7H7FO/c20-19(21)12-18(15-9-10-15)16-7-4-8-17(11-16)22-13-14-5-2-1-3-6-14;1-9-7-4-2-6(8)3-5-7/h4,7-8,11,14-15,18H,1-3,5-6,9-10,12-13H2,(H,20,21);2-5H,1H3. The first kappa shape index (κ1) is 23.1. The largest absolute Gasteiger partial charge is 0.497 e. The second-order valence-electron chi connectivity index (χ2n) is 8.59. The van der Waals surface area contributed by atoms with Crippen LogP contribution in [0.4, 0.5) is 4.39 Å². The lowest BCUT2D eigenvalue weighted by atomic mass is 9.90. The van der Waals surface area contributed by atoms with Crippen molar-refractivity contribution in [3.8, 4) is 11.5 Å². The molecule has 1 unspecified atom stereocenters. The smallest absolute Gasteiger partial charge is 0.303 e. The first-order chi connectivity index (χ1) is 15.0. The van der Waals surface area contributed by atoms with Gasteiger partial charge in [-0.25, -0.2) is 4.39 Å². The summed E-state index contributed by atoms with van der Waals surface area (Å²) in [6.07, 6.45) is 9.14. The molecule has 168 valence electrons. The number of ether oxygens (including phenoxy) is 2. The highest BCUT2D eigenvalue weighted by Gasteiger charge is 2.33. The van der Waals surface area contributed by atoms with Gasteiger partial charge in [0.15, 0.2) is 0 Å². The molecule has 2 aromatic rings. The fourth-order valence-electron chi connectivity index (χ4n) is 4.22. The van der Waals surface area contributed by atoms with E-state index >= 15 is 0 Å². The van der Waals surface area contributed by atoms with Gasteiger partial charge in [-0.1, -0.05) is 31.4 Å². The van der Waals surface area contributed by atoms with Gasteiger partial charge in [-0.3, -0.25) is 4.79 Å². The molecule has 5 heteroatoms. The molecule has 1 N–H and O–H groups in total. The first-order valence-corrected chi connectivity index (χ1v) is 11.3. The Labute approximate surface area is 184 Å². The van der Waals surface area contributed by atoms with Crippen LogP contribution < -0.4 is 9.47 Å². The summed E-state index contributed by atoms with van der Waals surface area (Å²) in [5.41, 5.74) is 1.13. The van der Waals surface area contributed by atoms with E-state index in [1.807, 2.05) is 12.1 Å². The highest BCUT2D eigenvalue weighted by Crippen LogP contribution is 2.45. The number of carbonyl (C=O) groups is 1. The highest BCUT2D eigenvalue weighted by molar-refractivity contribution is 5.68. The minimum atomic E-state index is -0.703. The summed E-state index contributed by atoms with van der Waals surface area (Å²) in [4.78, 5) is 11.1. The molecule has 0 amide bonds. The topological polar surface area (TPSA) is 55.8 Å². The summed E-state index contributed by atoms with van der Waals surface area (Å²) in [5.74, 6) is 2.02. The van der Waals surface area contributed by atoms with E-state index in [4.69, 9.17) is 14.6 Å². The maximum Gasteiger partial charge on any atom is 0.303 e. The van der Waals surface area contributed by atoms with Gasteiger partial charge < -0.3 is 14.6 Å². The molecule has 0 heterocycles. The molecule has 2 aromatic carbocycles. The number of rotatable bonds is 8. The van der Waals surface area contributed by atoms with Crippen LogP contribution in [0.2, 0.25) is 0 Å². The van der Waals surface area contributed by atoms with E-state index in [2.05, 4.69) is 12.1 Å². The first-order valence-electron chi connectivity index (χ1n) is 11.3. The lowest BCUT2D eigenvalue weighted by Crippen LogP contribution is -2.15. The third-order valence-corrected chi connectivity index (χ3v) is 6.13. The Morgan fingerprint density at radius 3 is 2.35 bits per heavy atom. The highest BCUT2D eigenvalue weighted by atomic mass is 19.1. The van der Waals surface area contributed by atoms with Crippen molar-refractivity contribution in [2.45, 2.75) is 57.3 Å². The summed E-state index contributed by atoms with van der Waals surface area (Å²) in [6.45, 7) is 0.802. The van der Waals surface area contributed by atoms with Crippen molar-refractivity contribution in [2.24, 2.45) is 11.8 Å². The molecule has 4 rings (SSSR count). The molecule has 0 bridgehead atoms. The lowest BCUT2D eigenvalue weighted by Gasteiger charge is -2.22. The van der Waals surface area contributed by atoms with E-state index in [0.717, 1.165) is 30.8 Å². The maximum atomic E-state index is 12.2. The third-order valence-electron chi connectivity index (χ3n) is 6.13. The lowest BCUT2D eigenvalue weighted by molar-refractivity contribution is -0.137. The molecule has 0 spiro atoms. The molecule has 2 saturated carbocycles. The van der Waals surface area contributed by atoms with Crippen LogP contribution in [-0.2, 0) is 4.79 Å². The van der Waals surface area contributed by atoms with E-state index in [1.165, 1.54) is 44.2 Å². The monoisotopic (exact) mass is 428 g/mol. The second-order valence-corrected chi connectivity index (χ2v) is 8.59. The van der Waals surface area contributed by atoms with Crippen molar-refractivity contribution in [1.29, 1.82) is 0 Å². The SMILES string of the molecule is COc1ccc(F)cc1.O=C(O)CC(c1cccc(OCC2CCCCC2)c1)C1CC1. The van der Waals surface area contributed by atoms with Gasteiger partial charge in [-0.2, -0.15) is 0 Å². The van der Waals surface area contributed by atoms with Crippen LogP contribution in [0.25, 0.3) is 0 Å². The number of aliphatic carboxylic acids is 1. The number of hydrogen-bond acceptors (Lipinski definition) is 3. The average molecular weight is 429 g/mol. The van der Waals surface area contributed by atoms with Crippen molar-refractivity contribution >= 4 is 5.97 Å². The van der Waals surface area contributed by atoms with Crippen LogP contribution in [0.1, 0.15) is 62.8 Å². The number of methoxy groups -OCH3 is 1. The zero-order valence-electron chi connectivity index (χ0n) is 18.3. The molecule has 1 atom stereocenters. The van der Waals surface area contributed by atoms with Gasteiger partial charge in [0.25, 0.3) is 0 Å². The van der Waals surface area contributed by atoms with E-state index in [1.54, 1.807) is 19.2 Å². The number of carboxylic acids is 1. The quantitative estimate of drug-likeness (QED) is 0.525. The third kappa shape index (κ3) is 7.89. The summed E-state index contributed by atoms with van der Waals surface area (Å²) < 4.78 is 23.0. The molecule has 0 saturated heterocycles. The van der Waals surface area contributed by atoms with Crippen molar-refractivity contribution in [1.82, 2.24) is 0 Å². The number of halogens is 1. The second kappa shape index (κ2) is 11.7. The minimum Gasteiger partial charge on any atom is -0.497 e. The summed E-state index contributed by atoms with van der Waals surface area (Å²) >= 11 is 0. The minimum absolute atomic E-state index is 0.149. The number of hydrogen-bond donors (Lipinski definition) is 1. The van der Waals surface area contributed by atoms with E-state index < -0.39 is 5.97 Å². The van der Waals surface area contributed by atoms with E-state index in [9.17, 15) is 9.18 Å². The van der Waals surface area contributed by atoms with Crippen LogP contribution >= 0.6 is 0 Å². The molecule has 2 aliphatic rings. The Hall–Kier alpha value is -2.56. The molecule has 0 radical (unpaired) electrons. The molecule has 2 fully saturated rings. The Balaban J connectivity index is 0.000000254. The van der Waals surface area contributed by atoms with Gasteiger partial charge >= 0.3 is 5.97 Å². The summed E-state index contributed by atoms with van der Waals surface area (Å²) in [7, 11) is 1.55. The normalized spacial score (nSPS) is 17.2.